The Labute approximate surface area is 181 Å². The SMILES string of the molecule is C[SiH](C)[C@]1(n2cc(I)c(=O)[nH]c2=O)C[C@H](OC(C)(C)C)[C@@H](COC(C)(C)C)O1. The van der Waals surface area contributed by atoms with Gasteiger partial charge in [-0.1, -0.05) is 13.1 Å². The Bertz CT molecular complexity index is 808. The number of rotatable bonds is 5. The number of hydrogen-bond donors (Lipinski definition) is 1. The topological polar surface area (TPSA) is 82.6 Å². The van der Waals surface area contributed by atoms with E-state index in [4.69, 9.17) is 14.2 Å². The highest BCUT2D eigenvalue weighted by Gasteiger charge is 2.52. The second kappa shape index (κ2) is 8.33. The summed E-state index contributed by atoms with van der Waals surface area (Å²) in [5, 5.41) is -0.789. The van der Waals surface area contributed by atoms with Gasteiger partial charge in [0.2, 0.25) is 0 Å². The first kappa shape index (κ1) is 23.8. The summed E-state index contributed by atoms with van der Waals surface area (Å²) in [6, 6.07) is 0. The van der Waals surface area contributed by atoms with Crippen LogP contribution >= 0.6 is 22.6 Å². The maximum atomic E-state index is 12.7. The van der Waals surface area contributed by atoms with Gasteiger partial charge in [-0.25, -0.2) is 4.79 Å². The summed E-state index contributed by atoms with van der Waals surface area (Å²) < 4.78 is 20.9. The second-order valence-corrected chi connectivity index (χ2v) is 14.0. The fourth-order valence-electron chi connectivity index (χ4n) is 3.38. The van der Waals surface area contributed by atoms with Crippen LogP contribution in [-0.4, -0.2) is 48.4 Å². The van der Waals surface area contributed by atoms with Gasteiger partial charge in [0.1, 0.15) is 11.5 Å². The van der Waals surface area contributed by atoms with E-state index in [0.717, 1.165) is 0 Å². The number of aromatic nitrogens is 2. The van der Waals surface area contributed by atoms with Gasteiger partial charge in [-0.3, -0.25) is 14.3 Å². The lowest BCUT2D eigenvalue weighted by atomic mass is 10.1. The minimum Gasteiger partial charge on any atom is -0.373 e. The Hall–Kier alpha value is -0.493. The largest absolute Gasteiger partial charge is 0.373 e. The average molecular weight is 524 g/mol. The Morgan fingerprint density at radius 2 is 1.86 bits per heavy atom. The molecule has 1 saturated heterocycles. The van der Waals surface area contributed by atoms with E-state index in [1.807, 2.05) is 64.1 Å². The van der Waals surface area contributed by atoms with Crippen molar-refractivity contribution in [2.75, 3.05) is 6.61 Å². The molecule has 2 heterocycles. The van der Waals surface area contributed by atoms with Crippen LogP contribution in [-0.2, 0) is 19.6 Å². The van der Waals surface area contributed by atoms with Gasteiger partial charge in [0, 0.05) is 12.6 Å². The molecule has 28 heavy (non-hydrogen) atoms. The van der Waals surface area contributed by atoms with Crippen molar-refractivity contribution in [1.82, 2.24) is 9.55 Å². The Balaban J connectivity index is 2.49. The summed E-state index contributed by atoms with van der Waals surface area (Å²) in [5.74, 6) is 0. The van der Waals surface area contributed by atoms with Crippen LogP contribution in [0.15, 0.2) is 15.8 Å². The molecule has 0 spiro atoms. The molecule has 0 aliphatic carbocycles. The van der Waals surface area contributed by atoms with Gasteiger partial charge in [0.05, 0.1) is 36.3 Å². The molecule has 3 atom stereocenters. The number of halogens is 1. The zero-order chi connectivity index (χ0) is 21.5. The van der Waals surface area contributed by atoms with Crippen LogP contribution in [0.25, 0.3) is 0 Å². The lowest BCUT2D eigenvalue weighted by Gasteiger charge is -2.35. The van der Waals surface area contributed by atoms with E-state index >= 15 is 0 Å². The monoisotopic (exact) mass is 524 g/mol. The van der Waals surface area contributed by atoms with Crippen LogP contribution in [0.3, 0.4) is 0 Å². The fraction of sp³-hybridized carbons (Fsp3) is 0.789. The lowest BCUT2D eigenvalue weighted by Crippen LogP contribution is -2.52. The van der Waals surface area contributed by atoms with Crippen molar-refractivity contribution in [3.8, 4) is 0 Å². The highest BCUT2D eigenvalue weighted by Crippen LogP contribution is 2.40. The third kappa shape index (κ3) is 5.56. The standard InChI is InChI=1S/C19H33IN2O5Si/c1-17(2,3)25-11-14-13(26-18(4,5)6)9-19(27-14,28(7)8)22-10-12(20)15(23)21-16(22)24/h10,13-14,28H,9,11H2,1-8H3,(H,21,23,24)/t13-,14+,19-/m0/s1. The van der Waals surface area contributed by atoms with Crippen molar-refractivity contribution < 1.29 is 14.2 Å². The van der Waals surface area contributed by atoms with E-state index < -0.39 is 19.8 Å². The zero-order valence-electron chi connectivity index (χ0n) is 18.1. The molecule has 0 saturated carbocycles. The van der Waals surface area contributed by atoms with Gasteiger partial charge >= 0.3 is 5.69 Å². The molecule has 160 valence electrons. The molecule has 0 bridgehead atoms. The molecule has 0 unspecified atom stereocenters. The molecule has 1 N–H and O–H groups in total. The minimum atomic E-state index is -1.58. The summed E-state index contributed by atoms with van der Waals surface area (Å²) in [6.07, 6.45) is 1.64. The molecule has 7 nitrogen and oxygen atoms in total. The number of hydrogen-bond acceptors (Lipinski definition) is 5. The summed E-state index contributed by atoms with van der Waals surface area (Å²) in [7, 11) is -1.58. The minimum absolute atomic E-state index is 0.214. The number of nitrogens with zero attached hydrogens (tertiary/aromatic N) is 1. The van der Waals surface area contributed by atoms with Crippen molar-refractivity contribution >= 4 is 31.4 Å². The number of ether oxygens (including phenoxy) is 3. The first-order valence-electron chi connectivity index (χ1n) is 9.66. The molecule has 1 aromatic rings. The van der Waals surface area contributed by atoms with Crippen LogP contribution in [0.1, 0.15) is 48.0 Å². The molecule has 9 heteroatoms. The van der Waals surface area contributed by atoms with Crippen LogP contribution in [0.4, 0.5) is 0 Å². The van der Waals surface area contributed by atoms with Crippen LogP contribution in [0.5, 0.6) is 0 Å². The molecule has 1 aromatic heterocycles. The van der Waals surface area contributed by atoms with Gasteiger partial charge < -0.3 is 14.2 Å². The Morgan fingerprint density at radius 3 is 2.36 bits per heavy atom. The van der Waals surface area contributed by atoms with Gasteiger partial charge in [0.15, 0.2) is 0 Å². The molecule has 0 radical (unpaired) electrons. The van der Waals surface area contributed by atoms with E-state index in [9.17, 15) is 9.59 Å². The third-order valence-electron chi connectivity index (χ3n) is 4.66. The molecular weight excluding hydrogens is 491 g/mol. The summed E-state index contributed by atoms with van der Waals surface area (Å²) in [4.78, 5) is 27.0. The first-order valence-corrected chi connectivity index (χ1v) is 13.6. The van der Waals surface area contributed by atoms with Gasteiger partial charge in [-0.2, -0.15) is 0 Å². The highest BCUT2D eigenvalue weighted by atomic mass is 127. The van der Waals surface area contributed by atoms with Crippen LogP contribution in [0, 0.1) is 3.57 Å². The molecule has 1 aliphatic heterocycles. The number of H-pyrrole nitrogens is 1. The normalized spacial score (nSPS) is 26.2. The predicted octanol–water partition coefficient (Wildman–Crippen LogP) is 2.61. The van der Waals surface area contributed by atoms with E-state index in [1.54, 1.807) is 10.8 Å². The molecule has 1 aliphatic rings. The van der Waals surface area contributed by atoms with Gasteiger partial charge in [-0.05, 0) is 64.1 Å². The first-order chi connectivity index (χ1) is 12.6. The molecule has 0 aromatic carbocycles. The molecule has 2 rings (SSSR count). The van der Waals surface area contributed by atoms with E-state index in [-0.39, 0.29) is 29.0 Å². The van der Waals surface area contributed by atoms with E-state index in [1.165, 1.54) is 0 Å². The highest BCUT2D eigenvalue weighted by molar-refractivity contribution is 14.1. The van der Waals surface area contributed by atoms with E-state index in [2.05, 4.69) is 18.1 Å². The van der Waals surface area contributed by atoms with Crippen molar-refractivity contribution in [2.45, 2.75) is 89.8 Å². The molecule has 0 amide bonds. The third-order valence-corrected chi connectivity index (χ3v) is 7.88. The zero-order valence-corrected chi connectivity index (χ0v) is 21.4. The van der Waals surface area contributed by atoms with Crippen LogP contribution in [0.2, 0.25) is 13.1 Å². The van der Waals surface area contributed by atoms with Crippen molar-refractivity contribution in [3.63, 3.8) is 0 Å². The number of aromatic amines is 1. The summed E-state index contributed by atoms with van der Waals surface area (Å²) >= 11 is 1.94. The maximum Gasteiger partial charge on any atom is 0.330 e. The van der Waals surface area contributed by atoms with Crippen molar-refractivity contribution in [3.05, 3.63) is 30.6 Å². The Kier molecular flexibility index (Phi) is 7.07. The van der Waals surface area contributed by atoms with Crippen molar-refractivity contribution in [2.24, 2.45) is 0 Å². The second-order valence-electron chi connectivity index (χ2n) is 9.66. The predicted molar refractivity (Wildman–Crippen MR) is 121 cm³/mol. The van der Waals surface area contributed by atoms with E-state index in [0.29, 0.717) is 16.6 Å². The summed E-state index contributed by atoms with van der Waals surface area (Å²) in [6.45, 7) is 16.7. The van der Waals surface area contributed by atoms with Gasteiger partial charge in [-0.15, -0.1) is 0 Å². The lowest BCUT2D eigenvalue weighted by molar-refractivity contribution is -0.139. The fourth-order valence-corrected chi connectivity index (χ4v) is 5.70. The quantitative estimate of drug-likeness (QED) is 0.473. The van der Waals surface area contributed by atoms with Crippen LogP contribution < -0.4 is 11.2 Å². The molecular formula is C19H33IN2O5Si. The Morgan fingerprint density at radius 1 is 1.25 bits per heavy atom. The summed E-state index contributed by atoms with van der Waals surface area (Å²) in [5.41, 5.74) is -1.48. The molecule has 1 fully saturated rings. The average Bonchev–Trinajstić information content (AvgIpc) is 2.86. The smallest absolute Gasteiger partial charge is 0.330 e. The maximum absolute atomic E-state index is 12.7. The van der Waals surface area contributed by atoms with Crippen molar-refractivity contribution in [1.29, 1.82) is 0 Å². The van der Waals surface area contributed by atoms with Gasteiger partial charge in [0.25, 0.3) is 5.56 Å². The number of nitrogens with one attached hydrogen (secondary N) is 1.